The van der Waals surface area contributed by atoms with Crippen LogP contribution >= 0.6 is 0 Å². The van der Waals surface area contributed by atoms with E-state index < -0.39 is 0 Å². The van der Waals surface area contributed by atoms with E-state index in [-0.39, 0.29) is 11.7 Å². The second-order valence-corrected chi connectivity index (χ2v) is 5.40. The minimum absolute atomic E-state index is 0.0735. The van der Waals surface area contributed by atoms with Crippen molar-refractivity contribution in [3.8, 4) is 0 Å². The zero-order valence-electron chi connectivity index (χ0n) is 9.71. The molecule has 3 fully saturated rings. The minimum atomic E-state index is -0.210. The monoisotopic (exact) mass is 224 g/mol. The van der Waals surface area contributed by atoms with Crippen molar-refractivity contribution in [3.63, 3.8) is 0 Å². The molecule has 0 radical (unpaired) electrons. The lowest BCUT2D eigenvalue weighted by Gasteiger charge is -2.31. The molecule has 1 aliphatic carbocycles. The van der Waals surface area contributed by atoms with Gasteiger partial charge in [-0.3, -0.25) is 0 Å². The quantitative estimate of drug-likeness (QED) is 0.734. The Morgan fingerprint density at radius 2 is 2.12 bits per heavy atom. The van der Waals surface area contributed by atoms with Crippen molar-refractivity contribution < 1.29 is 9.53 Å². The fourth-order valence-electron chi connectivity index (χ4n) is 3.31. The Balaban J connectivity index is 1.70. The van der Waals surface area contributed by atoms with Crippen molar-refractivity contribution in [1.29, 1.82) is 0 Å². The van der Waals surface area contributed by atoms with Crippen LogP contribution < -0.4 is 5.32 Å². The summed E-state index contributed by atoms with van der Waals surface area (Å²) in [7, 11) is 0. The highest BCUT2D eigenvalue weighted by Crippen LogP contribution is 2.34. The topological polar surface area (TPSA) is 41.6 Å². The number of carbonyl (C=O) groups is 1. The Kier molecular flexibility index (Phi) is 2.54. The smallest absolute Gasteiger partial charge is 0.410 e. The van der Waals surface area contributed by atoms with Gasteiger partial charge in [0.2, 0.25) is 0 Å². The normalized spacial score (nSPS) is 36.0. The molecule has 1 amide bonds. The van der Waals surface area contributed by atoms with Crippen molar-refractivity contribution in [2.75, 3.05) is 19.6 Å². The lowest BCUT2D eigenvalue weighted by atomic mass is 9.94. The van der Waals surface area contributed by atoms with E-state index in [2.05, 4.69) is 5.32 Å². The van der Waals surface area contributed by atoms with Gasteiger partial charge in [0.05, 0.1) is 6.54 Å². The summed E-state index contributed by atoms with van der Waals surface area (Å²) in [4.78, 5) is 13.9. The molecular weight excluding hydrogens is 204 g/mol. The van der Waals surface area contributed by atoms with Gasteiger partial charge in [0.15, 0.2) is 0 Å². The molecule has 4 heteroatoms. The Morgan fingerprint density at radius 3 is 2.81 bits per heavy atom. The lowest BCUT2D eigenvalue weighted by Crippen LogP contribution is -2.49. The highest BCUT2D eigenvalue weighted by Gasteiger charge is 2.48. The van der Waals surface area contributed by atoms with Gasteiger partial charge in [-0.15, -0.1) is 0 Å². The van der Waals surface area contributed by atoms with Gasteiger partial charge in [0, 0.05) is 12.6 Å². The summed E-state index contributed by atoms with van der Waals surface area (Å²) in [5.41, 5.74) is -0.210. The molecule has 3 rings (SSSR count). The number of nitrogens with one attached hydrogen (secondary N) is 1. The van der Waals surface area contributed by atoms with E-state index >= 15 is 0 Å². The maximum Gasteiger partial charge on any atom is 0.410 e. The summed E-state index contributed by atoms with van der Waals surface area (Å²) in [6.07, 6.45) is 6.92. The third-order valence-electron chi connectivity index (χ3n) is 4.20. The first-order valence-electron chi connectivity index (χ1n) is 6.49. The molecule has 0 bridgehead atoms. The largest absolute Gasteiger partial charge is 0.440 e. The maximum atomic E-state index is 11.9. The Labute approximate surface area is 96.3 Å². The van der Waals surface area contributed by atoms with Crippen LogP contribution in [0.15, 0.2) is 0 Å². The van der Waals surface area contributed by atoms with Gasteiger partial charge in [-0.2, -0.15) is 0 Å². The summed E-state index contributed by atoms with van der Waals surface area (Å²) in [6, 6.07) is 0.453. The number of hydrogen-bond donors (Lipinski definition) is 1. The van der Waals surface area contributed by atoms with Gasteiger partial charge in [-0.25, -0.2) is 4.79 Å². The zero-order chi connectivity index (χ0) is 11.0. The Morgan fingerprint density at radius 1 is 1.31 bits per heavy atom. The summed E-state index contributed by atoms with van der Waals surface area (Å²) in [6.45, 7) is 2.70. The molecule has 1 atom stereocenters. The van der Waals surface area contributed by atoms with E-state index in [0.717, 1.165) is 32.5 Å². The molecule has 2 aliphatic heterocycles. The molecule has 1 unspecified atom stereocenters. The summed E-state index contributed by atoms with van der Waals surface area (Å²) in [5.74, 6) is 0. The highest BCUT2D eigenvalue weighted by atomic mass is 16.6. The fraction of sp³-hybridized carbons (Fsp3) is 0.917. The second kappa shape index (κ2) is 3.91. The molecule has 0 aromatic carbocycles. The average molecular weight is 224 g/mol. The third kappa shape index (κ3) is 1.69. The van der Waals surface area contributed by atoms with Crippen LogP contribution in [0.25, 0.3) is 0 Å². The molecule has 16 heavy (non-hydrogen) atoms. The molecule has 1 saturated carbocycles. The van der Waals surface area contributed by atoms with Crippen LogP contribution in [0.1, 0.15) is 38.5 Å². The molecule has 0 aromatic heterocycles. The van der Waals surface area contributed by atoms with E-state index in [9.17, 15) is 4.79 Å². The van der Waals surface area contributed by atoms with Crippen molar-refractivity contribution in [2.45, 2.75) is 50.2 Å². The first kappa shape index (κ1) is 10.4. The first-order valence-corrected chi connectivity index (χ1v) is 6.49. The van der Waals surface area contributed by atoms with E-state index in [0.29, 0.717) is 6.04 Å². The summed E-state index contributed by atoms with van der Waals surface area (Å²) < 4.78 is 5.64. The number of ether oxygens (including phenoxy) is 1. The summed E-state index contributed by atoms with van der Waals surface area (Å²) in [5, 5.41) is 3.35. The number of amides is 1. The molecule has 1 spiro atoms. The van der Waals surface area contributed by atoms with Crippen molar-refractivity contribution in [2.24, 2.45) is 0 Å². The molecule has 90 valence electrons. The first-order chi connectivity index (χ1) is 7.79. The third-order valence-corrected chi connectivity index (χ3v) is 4.20. The predicted molar refractivity (Wildman–Crippen MR) is 60.3 cm³/mol. The van der Waals surface area contributed by atoms with E-state index in [1.807, 2.05) is 4.90 Å². The lowest BCUT2D eigenvalue weighted by molar-refractivity contribution is 0.0366. The molecule has 0 aromatic rings. The number of hydrogen-bond acceptors (Lipinski definition) is 3. The van der Waals surface area contributed by atoms with Crippen LogP contribution in [-0.2, 0) is 4.74 Å². The number of nitrogens with zero attached hydrogens (tertiary/aromatic N) is 1. The minimum Gasteiger partial charge on any atom is -0.440 e. The Bertz CT molecular complexity index is 281. The van der Waals surface area contributed by atoms with Gasteiger partial charge in [0.25, 0.3) is 0 Å². The van der Waals surface area contributed by atoms with Crippen molar-refractivity contribution in [1.82, 2.24) is 10.2 Å². The van der Waals surface area contributed by atoms with Crippen molar-refractivity contribution >= 4 is 6.09 Å². The van der Waals surface area contributed by atoms with Gasteiger partial charge in [-0.05, 0) is 32.2 Å². The fourth-order valence-corrected chi connectivity index (χ4v) is 3.31. The summed E-state index contributed by atoms with van der Waals surface area (Å²) >= 11 is 0. The van der Waals surface area contributed by atoms with E-state index in [4.69, 9.17) is 4.74 Å². The average Bonchev–Trinajstić information content (AvgIpc) is 2.88. The van der Waals surface area contributed by atoms with Crippen LogP contribution in [0.3, 0.4) is 0 Å². The van der Waals surface area contributed by atoms with E-state index in [1.165, 1.54) is 25.7 Å². The molecule has 4 nitrogen and oxygen atoms in total. The molecule has 2 heterocycles. The predicted octanol–water partition coefficient (Wildman–Crippen LogP) is 1.50. The van der Waals surface area contributed by atoms with Crippen LogP contribution in [0.4, 0.5) is 4.79 Å². The van der Waals surface area contributed by atoms with Crippen LogP contribution in [0.5, 0.6) is 0 Å². The molecule has 2 saturated heterocycles. The molecule has 1 N–H and O–H groups in total. The second-order valence-electron chi connectivity index (χ2n) is 5.40. The van der Waals surface area contributed by atoms with Crippen molar-refractivity contribution in [3.05, 3.63) is 0 Å². The highest BCUT2D eigenvalue weighted by molar-refractivity contribution is 5.71. The Hall–Kier alpha value is -0.770. The zero-order valence-corrected chi connectivity index (χ0v) is 9.71. The standard InChI is InChI=1S/C12H20N2O2/c15-11-14(10-4-1-2-5-10)9-12(16-11)6-3-7-13-8-12/h10,13H,1-9H2. The van der Waals surface area contributed by atoms with Crippen LogP contribution in [0.2, 0.25) is 0 Å². The number of piperidine rings is 1. The van der Waals surface area contributed by atoms with E-state index in [1.54, 1.807) is 0 Å². The van der Waals surface area contributed by atoms with Gasteiger partial charge in [-0.1, -0.05) is 12.8 Å². The van der Waals surface area contributed by atoms with Gasteiger partial charge >= 0.3 is 6.09 Å². The van der Waals surface area contributed by atoms with Gasteiger partial charge in [0.1, 0.15) is 5.60 Å². The molecular formula is C12H20N2O2. The number of rotatable bonds is 1. The molecule has 3 aliphatic rings. The van der Waals surface area contributed by atoms with Crippen LogP contribution in [0, 0.1) is 0 Å². The van der Waals surface area contributed by atoms with Gasteiger partial charge < -0.3 is 15.0 Å². The maximum absolute atomic E-state index is 11.9. The van der Waals surface area contributed by atoms with Crippen LogP contribution in [-0.4, -0.2) is 42.3 Å². The number of carbonyl (C=O) groups excluding carboxylic acids is 1. The SMILES string of the molecule is O=C1OC2(CCCNC2)CN1C1CCCC1.